The van der Waals surface area contributed by atoms with E-state index in [1.807, 2.05) is 6.92 Å². The first kappa shape index (κ1) is 17.1. The molecule has 0 radical (unpaired) electrons. The Hall–Kier alpha value is -1.21. The average molecular weight is 326 g/mol. The highest BCUT2D eigenvalue weighted by atomic mass is 32.2. The van der Waals surface area contributed by atoms with Crippen LogP contribution in [0.3, 0.4) is 0 Å². The van der Waals surface area contributed by atoms with Crippen molar-refractivity contribution in [3.05, 3.63) is 42.5 Å². The Kier molecular flexibility index (Phi) is 6.14. The summed E-state index contributed by atoms with van der Waals surface area (Å²) in [6.07, 6.45) is 3.55. The van der Waals surface area contributed by atoms with Crippen molar-refractivity contribution in [2.75, 3.05) is 13.2 Å². The topological polar surface area (TPSA) is 61.8 Å². The highest BCUT2D eigenvalue weighted by Gasteiger charge is 2.21. The van der Waals surface area contributed by atoms with Crippen LogP contribution < -0.4 is 0 Å². The maximum absolute atomic E-state index is 12.1. The molecule has 122 valence electrons. The summed E-state index contributed by atoms with van der Waals surface area (Å²) in [4.78, 5) is 0.134. The molecule has 2 atom stereocenters. The molecule has 1 aromatic carbocycles. The maximum Gasteiger partial charge on any atom is 0.297 e. The second-order valence-corrected chi connectivity index (χ2v) is 6.87. The van der Waals surface area contributed by atoms with Crippen LogP contribution >= 0.6 is 0 Å². The van der Waals surface area contributed by atoms with Crippen molar-refractivity contribution in [3.8, 4) is 0 Å². The lowest BCUT2D eigenvalue weighted by Gasteiger charge is -2.26. The molecule has 1 unspecified atom stereocenters. The van der Waals surface area contributed by atoms with E-state index in [1.165, 1.54) is 18.2 Å². The van der Waals surface area contributed by atoms with Crippen molar-refractivity contribution in [2.24, 2.45) is 0 Å². The highest BCUT2D eigenvalue weighted by Crippen LogP contribution is 2.18. The predicted octanol–water partition coefficient (Wildman–Crippen LogP) is 2.80. The van der Waals surface area contributed by atoms with Gasteiger partial charge in [0.2, 0.25) is 0 Å². The summed E-state index contributed by atoms with van der Waals surface area (Å²) in [5.74, 6) is 0. The van der Waals surface area contributed by atoms with Gasteiger partial charge in [-0.15, -0.1) is 6.58 Å². The van der Waals surface area contributed by atoms with Crippen molar-refractivity contribution < 1.29 is 22.1 Å². The van der Waals surface area contributed by atoms with Crippen LogP contribution in [0.15, 0.2) is 41.8 Å². The zero-order valence-electron chi connectivity index (χ0n) is 12.7. The van der Waals surface area contributed by atoms with Crippen molar-refractivity contribution in [3.63, 3.8) is 0 Å². The lowest BCUT2D eigenvalue weighted by molar-refractivity contribution is -0.182. The molecule has 0 spiro atoms. The van der Waals surface area contributed by atoms with E-state index in [4.69, 9.17) is 13.7 Å². The predicted molar refractivity (Wildman–Crippen MR) is 83.0 cm³/mol. The van der Waals surface area contributed by atoms with Crippen molar-refractivity contribution in [1.82, 2.24) is 0 Å². The number of rotatable bonds is 7. The lowest BCUT2D eigenvalue weighted by Crippen LogP contribution is -2.30. The molecular formula is C16H22O5S. The Labute approximate surface area is 132 Å². The molecule has 1 fully saturated rings. The summed E-state index contributed by atoms with van der Waals surface area (Å²) < 4.78 is 40.4. The van der Waals surface area contributed by atoms with E-state index >= 15 is 0 Å². The van der Waals surface area contributed by atoms with Gasteiger partial charge in [-0.3, -0.25) is 4.18 Å². The summed E-state index contributed by atoms with van der Waals surface area (Å²) >= 11 is 0. The van der Waals surface area contributed by atoms with Gasteiger partial charge in [0.15, 0.2) is 6.29 Å². The van der Waals surface area contributed by atoms with Gasteiger partial charge in [-0.05, 0) is 38.3 Å². The van der Waals surface area contributed by atoms with Crippen LogP contribution in [0.5, 0.6) is 0 Å². The standard InChI is InChI=1S/C16H22O5S/c1-3-14(21-16-6-4-5-11-19-16)12-20-22(17,18)15-9-7-13(2)8-10-15/h3,7-10,14,16H,1,4-6,11-12H2,2H3/t14-,16?/m1/s1. The van der Waals surface area contributed by atoms with Crippen LogP contribution in [-0.4, -0.2) is 34.0 Å². The number of ether oxygens (including phenoxy) is 2. The van der Waals surface area contributed by atoms with E-state index in [1.54, 1.807) is 12.1 Å². The van der Waals surface area contributed by atoms with Gasteiger partial charge in [0.25, 0.3) is 10.1 Å². The molecule has 0 aromatic heterocycles. The third kappa shape index (κ3) is 4.91. The largest absolute Gasteiger partial charge is 0.353 e. The number of hydrogen-bond donors (Lipinski definition) is 0. The third-order valence-electron chi connectivity index (χ3n) is 3.42. The van der Waals surface area contributed by atoms with Crippen molar-refractivity contribution >= 4 is 10.1 Å². The molecule has 1 aliphatic rings. The number of aryl methyl sites for hydroxylation is 1. The van der Waals surface area contributed by atoms with Gasteiger partial charge in [-0.25, -0.2) is 0 Å². The first-order valence-corrected chi connectivity index (χ1v) is 8.78. The summed E-state index contributed by atoms with van der Waals surface area (Å²) in [6, 6.07) is 6.51. The third-order valence-corrected chi connectivity index (χ3v) is 4.72. The van der Waals surface area contributed by atoms with E-state index in [-0.39, 0.29) is 17.8 Å². The van der Waals surface area contributed by atoms with Crippen LogP contribution in [0.25, 0.3) is 0 Å². The van der Waals surface area contributed by atoms with Gasteiger partial charge < -0.3 is 9.47 Å². The molecule has 0 N–H and O–H groups in total. The van der Waals surface area contributed by atoms with E-state index in [0.29, 0.717) is 6.61 Å². The van der Waals surface area contributed by atoms with Crippen LogP contribution in [0.4, 0.5) is 0 Å². The normalized spacial score (nSPS) is 20.5. The van der Waals surface area contributed by atoms with Gasteiger partial charge in [0, 0.05) is 6.61 Å². The van der Waals surface area contributed by atoms with Gasteiger partial charge >= 0.3 is 0 Å². The second-order valence-electron chi connectivity index (χ2n) is 5.26. The van der Waals surface area contributed by atoms with Crippen LogP contribution in [0.2, 0.25) is 0 Å². The summed E-state index contributed by atoms with van der Waals surface area (Å²) in [5.41, 5.74) is 0.987. The monoisotopic (exact) mass is 326 g/mol. The summed E-state index contributed by atoms with van der Waals surface area (Å²) in [7, 11) is -3.79. The van der Waals surface area contributed by atoms with Crippen LogP contribution in [0.1, 0.15) is 24.8 Å². The second kappa shape index (κ2) is 7.87. The maximum atomic E-state index is 12.1. The molecule has 0 amide bonds. The molecule has 1 heterocycles. The van der Waals surface area contributed by atoms with E-state index in [2.05, 4.69) is 6.58 Å². The van der Waals surface area contributed by atoms with E-state index in [0.717, 1.165) is 24.8 Å². The Morgan fingerprint density at radius 2 is 2.09 bits per heavy atom. The quantitative estimate of drug-likeness (QED) is 0.569. The minimum atomic E-state index is -3.79. The summed E-state index contributed by atoms with van der Waals surface area (Å²) in [6.45, 7) is 6.10. The SMILES string of the molecule is C=C[C@H](COS(=O)(=O)c1ccc(C)cc1)OC1CCCCO1. The van der Waals surface area contributed by atoms with E-state index in [9.17, 15) is 8.42 Å². The van der Waals surface area contributed by atoms with Crippen LogP contribution in [-0.2, 0) is 23.8 Å². The molecule has 1 aromatic rings. The number of benzene rings is 1. The molecule has 0 bridgehead atoms. The minimum absolute atomic E-state index is 0.112. The number of hydrogen-bond acceptors (Lipinski definition) is 5. The van der Waals surface area contributed by atoms with Gasteiger partial charge in [0.05, 0.1) is 11.5 Å². The fourth-order valence-corrected chi connectivity index (χ4v) is 3.02. The Morgan fingerprint density at radius 3 is 2.68 bits per heavy atom. The zero-order chi connectivity index (χ0) is 16.0. The van der Waals surface area contributed by atoms with Crippen molar-refractivity contribution in [1.29, 1.82) is 0 Å². The van der Waals surface area contributed by atoms with Crippen molar-refractivity contribution in [2.45, 2.75) is 43.5 Å². The molecule has 1 saturated heterocycles. The molecule has 5 nitrogen and oxygen atoms in total. The molecule has 2 rings (SSSR count). The summed E-state index contributed by atoms with van der Waals surface area (Å²) in [5, 5.41) is 0. The average Bonchev–Trinajstić information content (AvgIpc) is 2.53. The Balaban J connectivity index is 1.91. The van der Waals surface area contributed by atoms with Gasteiger partial charge in [-0.2, -0.15) is 8.42 Å². The first-order chi connectivity index (χ1) is 10.5. The van der Waals surface area contributed by atoms with Crippen LogP contribution in [0, 0.1) is 6.92 Å². The fraction of sp³-hybridized carbons (Fsp3) is 0.500. The highest BCUT2D eigenvalue weighted by molar-refractivity contribution is 7.86. The van der Waals surface area contributed by atoms with Gasteiger partial charge in [-0.1, -0.05) is 23.8 Å². The van der Waals surface area contributed by atoms with E-state index < -0.39 is 16.2 Å². The van der Waals surface area contributed by atoms with Gasteiger partial charge in [0.1, 0.15) is 6.10 Å². The smallest absolute Gasteiger partial charge is 0.297 e. The Morgan fingerprint density at radius 1 is 1.36 bits per heavy atom. The zero-order valence-corrected chi connectivity index (χ0v) is 13.6. The fourth-order valence-electron chi connectivity index (χ4n) is 2.11. The Bertz CT molecular complexity index is 573. The lowest BCUT2D eigenvalue weighted by atomic mass is 10.2. The molecule has 0 aliphatic carbocycles. The first-order valence-electron chi connectivity index (χ1n) is 7.37. The molecular weight excluding hydrogens is 304 g/mol. The minimum Gasteiger partial charge on any atom is -0.353 e. The molecule has 0 saturated carbocycles. The molecule has 1 aliphatic heterocycles. The molecule has 6 heteroatoms. The molecule has 22 heavy (non-hydrogen) atoms.